The third-order valence-electron chi connectivity index (χ3n) is 6.27. The van der Waals surface area contributed by atoms with Crippen molar-refractivity contribution in [2.45, 2.75) is 44.4 Å². The summed E-state index contributed by atoms with van der Waals surface area (Å²) in [6, 6.07) is 9.00. The molecule has 0 unspecified atom stereocenters. The molecule has 2 aliphatic heterocycles. The second kappa shape index (κ2) is 9.21. The molecule has 9 nitrogen and oxygen atoms in total. The van der Waals surface area contributed by atoms with Crippen molar-refractivity contribution >= 4 is 33.0 Å². The molecule has 11 heteroatoms. The van der Waals surface area contributed by atoms with Gasteiger partial charge in [0.25, 0.3) is 5.91 Å². The first-order valence-corrected chi connectivity index (χ1v) is 13.6. The zero-order valence-corrected chi connectivity index (χ0v) is 21.3. The van der Waals surface area contributed by atoms with Crippen molar-refractivity contribution < 1.29 is 22.7 Å². The standard InChI is InChI=1S/C24H26N4O5S2/c1-14-10-15(2)21(16(3)11-14)35(30,31)28-8-6-17(7-9-28)23-26-27-24(34-23)22(29)25-18-4-5-19-20(12-18)33-13-32-19/h4-5,10-12,17H,6-9,13H2,1-3H3,(H,25,29). The van der Waals surface area contributed by atoms with Gasteiger partial charge in [0.15, 0.2) is 11.5 Å². The molecule has 0 radical (unpaired) electrons. The maximum atomic E-state index is 13.4. The van der Waals surface area contributed by atoms with Crippen LogP contribution >= 0.6 is 11.3 Å². The first-order valence-electron chi connectivity index (χ1n) is 11.3. The summed E-state index contributed by atoms with van der Waals surface area (Å²) in [6.07, 6.45) is 1.25. The number of fused-ring (bicyclic) bond motifs is 1. The Bertz CT molecular complexity index is 1370. The summed E-state index contributed by atoms with van der Waals surface area (Å²) in [5.74, 6) is 0.935. The number of ether oxygens (including phenoxy) is 2. The molecule has 1 N–H and O–H groups in total. The Kier molecular flexibility index (Phi) is 6.24. The number of rotatable bonds is 5. The Balaban J connectivity index is 1.24. The number of carbonyl (C=O) groups excluding carboxylic acids is 1. The fourth-order valence-corrected chi connectivity index (χ4v) is 7.48. The van der Waals surface area contributed by atoms with Crippen molar-refractivity contribution in [3.63, 3.8) is 0 Å². The monoisotopic (exact) mass is 514 g/mol. The van der Waals surface area contributed by atoms with Gasteiger partial charge in [-0.15, -0.1) is 10.2 Å². The maximum absolute atomic E-state index is 13.4. The van der Waals surface area contributed by atoms with Crippen LogP contribution in [0.3, 0.4) is 0 Å². The van der Waals surface area contributed by atoms with Crippen LogP contribution in [0.2, 0.25) is 0 Å². The number of piperidine rings is 1. The minimum Gasteiger partial charge on any atom is -0.454 e. The lowest BCUT2D eigenvalue weighted by atomic mass is 9.99. The topological polar surface area (TPSA) is 111 Å². The molecule has 2 aliphatic rings. The van der Waals surface area contributed by atoms with Gasteiger partial charge in [-0.3, -0.25) is 4.79 Å². The average molecular weight is 515 g/mol. The Labute approximate surface area is 208 Å². The van der Waals surface area contributed by atoms with Crippen LogP contribution in [0, 0.1) is 20.8 Å². The molecule has 35 heavy (non-hydrogen) atoms. The van der Waals surface area contributed by atoms with Gasteiger partial charge < -0.3 is 14.8 Å². The Hall–Kier alpha value is -3.02. The molecule has 0 spiro atoms. The van der Waals surface area contributed by atoms with E-state index in [1.165, 1.54) is 11.3 Å². The largest absolute Gasteiger partial charge is 0.454 e. The molecular formula is C24H26N4O5S2. The predicted molar refractivity (Wildman–Crippen MR) is 132 cm³/mol. The van der Waals surface area contributed by atoms with Crippen LogP contribution in [-0.2, 0) is 10.0 Å². The highest BCUT2D eigenvalue weighted by molar-refractivity contribution is 7.89. The van der Waals surface area contributed by atoms with Crippen LogP contribution in [0.5, 0.6) is 11.5 Å². The summed E-state index contributed by atoms with van der Waals surface area (Å²) in [5.41, 5.74) is 3.17. The van der Waals surface area contributed by atoms with Gasteiger partial charge in [0, 0.05) is 30.8 Å². The Morgan fingerprint density at radius 3 is 2.43 bits per heavy atom. The van der Waals surface area contributed by atoms with Crippen LogP contribution in [-0.4, -0.2) is 48.7 Å². The van der Waals surface area contributed by atoms with E-state index in [4.69, 9.17) is 9.47 Å². The highest BCUT2D eigenvalue weighted by atomic mass is 32.2. The van der Waals surface area contributed by atoms with Gasteiger partial charge in [-0.25, -0.2) is 8.42 Å². The second-order valence-electron chi connectivity index (χ2n) is 8.87. The number of nitrogens with zero attached hydrogens (tertiary/aromatic N) is 3. The molecule has 184 valence electrons. The van der Waals surface area contributed by atoms with Crippen LogP contribution in [0.1, 0.15) is 50.3 Å². The van der Waals surface area contributed by atoms with Crippen LogP contribution in [0.15, 0.2) is 35.2 Å². The minimum atomic E-state index is -3.58. The third-order valence-corrected chi connectivity index (χ3v) is 9.56. The SMILES string of the molecule is Cc1cc(C)c(S(=O)(=O)N2CCC(c3nnc(C(=O)Nc4ccc5c(c4)OCO5)s3)CC2)c(C)c1. The average Bonchev–Trinajstić information content (AvgIpc) is 3.48. The van der Waals surface area contributed by atoms with Gasteiger partial charge in [-0.2, -0.15) is 4.31 Å². The Morgan fingerprint density at radius 1 is 1.03 bits per heavy atom. The summed E-state index contributed by atoms with van der Waals surface area (Å²) in [6.45, 7) is 6.62. The lowest BCUT2D eigenvalue weighted by Crippen LogP contribution is -2.38. The van der Waals surface area contributed by atoms with Gasteiger partial charge in [-0.1, -0.05) is 29.0 Å². The smallest absolute Gasteiger partial charge is 0.286 e. The lowest BCUT2D eigenvalue weighted by Gasteiger charge is -2.31. The number of amides is 1. The third kappa shape index (κ3) is 4.63. The van der Waals surface area contributed by atoms with E-state index >= 15 is 0 Å². The molecule has 1 fully saturated rings. The number of carbonyl (C=O) groups is 1. The highest BCUT2D eigenvalue weighted by Gasteiger charge is 2.33. The summed E-state index contributed by atoms with van der Waals surface area (Å²) in [5, 5.41) is 12.1. The van der Waals surface area contributed by atoms with E-state index in [0.29, 0.717) is 48.0 Å². The number of anilines is 1. The summed E-state index contributed by atoms with van der Waals surface area (Å²) >= 11 is 1.25. The molecule has 0 atom stereocenters. The van der Waals surface area contributed by atoms with Crippen LogP contribution in [0.25, 0.3) is 0 Å². The van der Waals surface area contributed by atoms with E-state index in [1.807, 2.05) is 32.9 Å². The lowest BCUT2D eigenvalue weighted by molar-refractivity contribution is 0.102. The van der Waals surface area contributed by atoms with Crippen molar-refractivity contribution in [1.29, 1.82) is 0 Å². The van der Waals surface area contributed by atoms with Crippen molar-refractivity contribution in [3.8, 4) is 11.5 Å². The molecule has 3 aromatic rings. The summed E-state index contributed by atoms with van der Waals surface area (Å²) in [4.78, 5) is 13.1. The van der Waals surface area contributed by atoms with Crippen molar-refractivity contribution in [1.82, 2.24) is 14.5 Å². The normalized spacial score (nSPS) is 16.4. The molecule has 2 aromatic carbocycles. The molecule has 0 bridgehead atoms. The molecular weight excluding hydrogens is 488 g/mol. The van der Waals surface area contributed by atoms with E-state index in [0.717, 1.165) is 21.7 Å². The molecule has 5 rings (SSSR count). The zero-order chi connectivity index (χ0) is 24.7. The number of benzene rings is 2. The Morgan fingerprint density at radius 2 is 1.71 bits per heavy atom. The molecule has 0 aliphatic carbocycles. The molecule has 0 saturated carbocycles. The first-order chi connectivity index (χ1) is 16.7. The van der Waals surface area contributed by atoms with Crippen molar-refractivity contribution in [2.75, 3.05) is 25.2 Å². The molecule has 1 amide bonds. The summed E-state index contributed by atoms with van der Waals surface area (Å²) in [7, 11) is -3.58. The highest BCUT2D eigenvalue weighted by Crippen LogP contribution is 2.36. The number of hydrogen-bond donors (Lipinski definition) is 1. The number of aromatic nitrogens is 2. The maximum Gasteiger partial charge on any atom is 0.286 e. The number of sulfonamides is 1. The second-order valence-corrected chi connectivity index (χ2v) is 11.8. The zero-order valence-electron chi connectivity index (χ0n) is 19.7. The van der Waals surface area contributed by atoms with Crippen molar-refractivity contribution in [2.24, 2.45) is 0 Å². The van der Waals surface area contributed by atoms with Crippen LogP contribution < -0.4 is 14.8 Å². The number of hydrogen-bond acceptors (Lipinski definition) is 8. The first kappa shape index (κ1) is 23.7. The molecule has 3 heterocycles. The van der Waals surface area contributed by atoms with E-state index in [2.05, 4.69) is 15.5 Å². The van der Waals surface area contributed by atoms with E-state index in [-0.39, 0.29) is 23.6 Å². The predicted octanol–water partition coefficient (Wildman–Crippen LogP) is 4.01. The molecule has 1 saturated heterocycles. The number of nitrogens with one attached hydrogen (secondary N) is 1. The molecule has 1 aromatic heterocycles. The van der Waals surface area contributed by atoms with E-state index < -0.39 is 10.0 Å². The van der Waals surface area contributed by atoms with Gasteiger partial charge >= 0.3 is 0 Å². The van der Waals surface area contributed by atoms with E-state index in [9.17, 15) is 13.2 Å². The van der Waals surface area contributed by atoms with Gasteiger partial charge in [0.1, 0.15) is 5.01 Å². The summed E-state index contributed by atoms with van der Waals surface area (Å²) < 4.78 is 38.9. The fourth-order valence-electron chi connectivity index (χ4n) is 4.70. The van der Waals surface area contributed by atoms with Crippen molar-refractivity contribution in [3.05, 3.63) is 57.0 Å². The van der Waals surface area contributed by atoms with Gasteiger partial charge in [0.05, 0.1) is 4.90 Å². The van der Waals surface area contributed by atoms with Gasteiger partial charge in [-0.05, 0) is 56.9 Å². The fraction of sp³-hybridized carbons (Fsp3) is 0.375. The van der Waals surface area contributed by atoms with E-state index in [1.54, 1.807) is 22.5 Å². The van der Waals surface area contributed by atoms with Crippen LogP contribution in [0.4, 0.5) is 5.69 Å². The minimum absolute atomic E-state index is 0.0613. The quantitative estimate of drug-likeness (QED) is 0.548. The number of aryl methyl sites for hydroxylation is 3. The van der Waals surface area contributed by atoms with Gasteiger partial charge in [0.2, 0.25) is 21.8 Å².